The van der Waals surface area contributed by atoms with E-state index in [-0.39, 0.29) is 5.78 Å². The minimum Gasteiger partial charge on any atom is -0.480 e. The van der Waals surface area contributed by atoms with Crippen LogP contribution in [-0.4, -0.2) is 39.9 Å². The molecular formula is C16H21NO3. The van der Waals surface area contributed by atoms with Crippen LogP contribution in [-0.2, 0) is 4.79 Å². The predicted molar refractivity (Wildman–Crippen MR) is 76.8 cm³/mol. The molecule has 4 heteroatoms. The molecule has 1 aromatic carbocycles. The van der Waals surface area contributed by atoms with E-state index in [1.165, 1.54) is 0 Å². The zero-order valence-corrected chi connectivity index (χ0v) is 12.0. The van der Waals surface area contributed by atoms with E-state index in [2.05, 4.69) is 0 Å². The number of carbonyl (C=O) groups is 2. The summed E-state index contributed by atoms with van der Waals surface area (Å²) in [5.74, 6) is -0.857. The van der Waals surface area contributed by atoms with E-state index in [0.717, 1.165) is 12.8 Å². The van der Waals surface area contributed by atoms with Crippen molar-refractivity contribution in [2.45, 2.75) is 44.7 Å². The van der Waals surface area contributed by atoms with Crippen molar-refractivity contribution >= 4 is 11.8 Å². The number of piperidine rings is 1. The third-order valence-corrected chi connectivity index (χ3v) is 4.31. The fourth-order valence-corrected chi connectivity index (χ4v) is 2.98. The highest BCUT2D eigenvalue weighted by Crippen LogP contribution is 2.31. The lowest BCUT2D eigenvalue weighted by Crippen LogP contribution is -2.60. The molecule has 1 aromatic rings. The number of ketones is 1. The molecule has 108 valence electrons. The second-order valence-corrected chi connectivity index (χ2v) is 5.64. The summed E-state index contributed by atoms with van der Waals surface area (Å²) in [7, 11) is 0. The largest absolute Gasteiger partial charge is 0.480 e. The van der Waals surface area contributed by atoms with Gasteiger partial charge in [0.15, 0.2) is 5.78 Å². The molecule has 1 aliphatic heterocycles. The van der Waals surface area contributed by atoms with Gasteiger partial charge in [-0.3, -0.25) is 14.5 Å². The second kappa shape index (κ2) is 5.75. The first kappa shape index (κ1) is 14.7. The number of carbonyl (C=O) groups excluding carboxylic acids is 1. The maximum absolute atomic E-state index is 12.5. The Morgan fingerprint density at radius 1 is 1.25 bits per heavy atom. The SMILES string of the molecule is CC(C(=O)c1ccccc1)N1CCCCC1(C)C(=O)O. The Balaban J connectivity index is 2.24. The molecule has 0 aliphatic carbocycles. The molecule has 20 heavy (non-hydrogen) atoms. The summed E-state index contributed by atoms with van der Waals surface area (Å²) in [6, 6.07) is 8.66. The van der Waals surface area contributed by atoms with Gasteiger partial charge in [-0.15, -0.1) is 0 Å². The Kier molecular flexibility index (Phi) is 4.23. The van der Waals surface area contributed by atoms with E-state index >= 15 is 0 Å². The van der Waals surface area contributed by atoms with Crippen molar-refractivity contribution in [2.75, 3.05) is 6.54 Å². The van der Waals surface area contributed by atoms with Crippen molar-refractivity contribution in [3.05, 3.63) is 35.9 Å². The zero-order chi connectivity index (χ0) is 14.8. The molecule has 4 nitrogen and oxygen atoms in total. The number of carboxylic acids is 1. The molecule has 1 heterocycles. The summed E-state index contributed by atoms with van der Waals surface area (Å²) >= 11 is 0. The zero-order valence-electron chi connectivity index (χ0n) is 12.0. The summed E-state index contributed by atoms with van der Waals surface area (Å²) in [6.45, 7) is 4.19. The van der Waals surface area contributed by atoms with E-state index in [4.69, 9.17) is 0 Å². The lowest BCUT2D eigenvalue weighted by atomic mass is 9.86. The minimum absolute atomic E-state index is 0.0139. The Bertz CT molecular complexity index is 500. The van der Waals surface area contributed by atoms with Crippen molar-refractivity contribution in [1.29, 1.82) is 0 Å². The van der Waals surface area contributed by atoms with Gasteiger partial charge in [-0.2, -0.15) is 0 Å². The van der Waals surface area contributed by atoms with Gasteiger partial charge in [0.2, 0.25) is 0 Å². The lowest BCUT2D eigenvalue weighted by Gasteiger charge is -2.44. The van der Waals surface area contributed by atoms with Gasteiger partial charge in [-0.1, -0.05) is 30.3 Å². The quantitative estimate of drug-likeness (QED) is 0.858. The average Bonchev–Trinajstić information content (AvgIpc) is 2.47. The summed E-state index contributed by atoms with van der Waals surface area (Å²) in [6.07, 6.45) is 2.43. The summed E-state index contributed by atoms with van der Waals surface area (Å²) in [5.41, 5.74) is -0.305. The molecular weight excluding hydrogens is 254 g/mol. The van der Waals surface area contributed by atoms with Crippen LogP contribution in [0.4, 0.5) is 0 Å². The number of nitrogens with zero attached hydrogens (tertiary/aromatic N) is 1. The second-order valence-electron chi connectivity index (χ2n) is 5.64. The molecule has 0 saturated carbocycles. The van der Waals surface area contributed by atoms with E-state index in [0.29, 0.717) is 18.5 Å². The van der Waals surface area contributed by atoms with Crippen molar-refractivity contribution in [3.63, 3.8) is 0 Å². The summed E-state index contributed by atoms with van der Waals surface area (Å²) in [4.78, 5) is 26.0. The van der Waals surface area contributed by atoms with Crippen LogP contribution in [0.3, 0.4) is 0 Å². The maximum atomic E-state index is 12.5. The predicted octanol–water partition coefficient (Wildman–Crippen LogP) is 2.59. The normalized spacial score (nSPS) is 25.1. The van der Waals surface area contributed by atoms with E-state index in [9.17, 15) is 14.7 Å². The van der Waals surface area contributed by atoms with Gasteiger partial charge < -0.3 is 5.11 Å². The van der Waals surface area contributed by atoms with Gasteiger partial charge in [0.1, 0.15) is 5.54 Å². The van der Waals surface area contributed by atoms with Gasteiger partial charge in [0.25, 0.3) is 0 Å². The van der Waals surface area contributed by atoms with Crippen LogP contribution in [0.1, 0.15) is 43.5 Å². The molecule has 0 spiro atoms. The van der Waals surface area contributed by atoms with Gasteiger partial charge >= 0.3 is 5.97 Å². The smallest absolute Gasteiger partial charge is 0.323 e. The van der Waals surface area contributed by atoms with Crippen LogP contribution in [0.25, 0.3) is 0 Å². The number of hydrogen-bond acceptors (Lipinski definition) is 3. The fourth-order valence-electron chi connectivity index (χ4n) is 2.98. The molecule has 0 amide bonds. The summed E-state index contributed by atoms with van der Waals surface area (Å²) in [5, 5.41) is 9.52. The first-order valence-corrected chi connectivity index (χ1v) is 7.06. The molecule has 2 atom stereocenters. The van der Waals surface area contributed by atoms with Gasteiger partial charge in [-0.25, -0.2) is 0 Å². The highest BCUT2D eigenvalue weighted by Gasteiger charge is 2.44. The molecule has 0 aromatic heterocycles. The minimum atomic E-state index is -0.942. The average molecular weight is 275 g/mol. The lowest BCUT2D eigenvalue weighted by molar-refractivity contribution is -0.153. The highest BCUT2D eigenvalue weighted by atomic mass is 16.4. The standard InChI is InChI=1S/C16H21NO3/c1-12(14(18)13-8-4-3-5-9-13)17-11-7-6-10-16(17,2)15(19)20/h3-5,8-9,12H,6-7,10-11H2,1-2H3,(H,19,20). The van der Waals surface area contributed by atoms with Crippen LogP contribution in [0.5, 0.6) is 0 Å². The molecule has 1 saturated heterocycles. The van der Waals surface area contributed by atoms with Gasteiger partial charge in [0.05, 0.1) is 6.04 Å². The Labute approximate surface area is 119 Å². The third kappa shape index (κ3) is 2.61. The Morgan fingerprint density at radius 2 is 1.90 bits per heavy atom. The van der Waals surface area contributed by atoms with Crippen molar-refractivity contribution in [1.82, 2.24) is 4.90 Å². The van der Waals surface area contributed by atoms with E-state index in [1.54, 1.807) is 19.1 Å². The summed E-state index contributed by atoms with van der Waals surface area (Å²) < 4.78 is 0. The number of carboxylic acid groups (broad SMARTS) is 1. The maximum Gasteiger partial charge on any atom is 0.323 e. The topological polar surface area (TPSA) is 57.6 Å². The van der Waals surface area contributed by atoms with Crippen LogP contribution >= 0.6 is 0 Å². The van der Waals surface area contributed by atoms with E-state index < -0.39 is 17.6 Å². The fraction of sp³-hybridized carbons (Fsp3) is 0.500. The molecule has 0 bridgehead atoms. The van der Waals surface area contributed by atoms with Crippen molar-refractivity contribution in [3.8, 4) is 0 Å². The number of benzene rings is 1. The van der Waals surface area contributed by atoms with Crippen LogP contribution in [0, 0.1) is 0 Å². The number of likely N-dealkylation sites (tertiary alicyclic amines) is 1. The number of hydrogen-bond donors (Lipinski definition) is 1. The third-order valence-electron chi connectivity index (χ3n) is 4.31. The van der Waals surface area contributed by atoms with Gasteiger partial charge in [0, 0.05) is 5.56 Å². The first-order chi connectivity index (χ1) is 9.47. The number of Topliss-reactive ketones (excluding diaryl/α,β-unsaturated/α-hetero) is 1. The van der Waals surface area contributed by atoms with Gasteiger partial charge in [-0.05, 0) is 39.7 Å². The van der Waals surface area contributed by atoms with Crippen molar-refractivity contribution in [2.24, 2.45) is 0 Å². The molecule has 1 aliphatic rings. The molecule has 1 fully saturated rings. The highest BCUT2D eigenvalue weighted by molar-refractivity contribution is 6.00. The van der Waals surface area contributed by atoms with E-state index in [1.807, 2.05) is 30.0 Å². The Hall–Kier alpha value is -1.68. The number of aliphatic carboxylic acids is 1. The molecule has 1 N–H and O–H groups in total. The van der Waals surface area contributed by atoms with Crippen LogP contribution in [0.2, 0.25) is 0 Å². The Morgan fingerprint density at radius 3 is 2.50 bits per heavy atom. The van der Waals surface area contributed by atoms with Crippen molar-refractivity contribution < 1.29 is 14.7 Å². The number of rotatable bonds is 4. The molecule has 0 radical (unpaired) electrons. The molecule has 2 unspecified atom stereocenters. The van der Waals surface area contributed by atoms with Crippen LogP contribution < -0.4 is 0 Å². The monoisotopic (exact) mass is 275 g/mol. The molecule has 2 rings (SSSR count). The van der Waals surface area contributed by atoms with Crippen LogP contribution in [0.15, 0.2) is 30.3 Å². The first-order valence-electron chi connectivity index (χ1n) is 7.06.